The zero-order valence-corrected chi connectivity index (χ0v) is 16.5. The van der Waals surface area contributed by atoms with Gasteiger partial charge in [0.1, 0.15) is 11.5 Å². The molecule has 0 fully saturated rings. The number of aromatic amines is 1. The van der Waals surface area contributed by atoms with Crippen molar-refractivity contribution in [2.45, 2.75) is 71.9 Å². The third-order valence-corrected chi connectivity index (χ3v) is 6.31. The summed E-state index contributed by atoms with van der Waals surface area (Å²) >= 11 is 0. The minimum Gasteiger partial charge on any atom is -0.507 e. The van der Waals surface area contributed by atoms with Crippen LogP contribution >= 0.6 is 0 Å². The number of benzene rings is 1. The third kappa shape index (κ3) is 2.78. The molecule has 27 heavy (non-hydrogen) atoms. The smallest absolute Gasteiger partial charge is 0.264 e. The van der Waals surface area contributed by atoms with Crippen LogP contribution in [0.15, 0.2) is 0 Å². The first-order chi connectivity index (χ1) is 12.8. The highest BCUT2D eigenvalue weighted by Crippen LogP contribution is 2.43. The van der Waals surface area contributed by atoms with Crippen LogP contribution in [0.1, 0.15) is 59.0 Å². The fourth-order valence-electron chi connectivity index (χ4n) is 4.29. The first kappa shape index (κ1) is 17.9. The number of aromatic nitrogens is 2. The Balaban J connectivity index is 1.53. The molecule has 4 rings (SSSR count). The topological polar surface area (TPSA) is 87.2 Å². The summed E-state index contributed by atoms with van der Waals surface area (Å²) in [6, 6.07) is 0. The van der Waals surface area contributed by atoms with E-state index in [0.717, 1.165) is 53.0 Å². The molecule has 6 nitrogen and oxygen atoms in total. The number of amides is 1. The van der Waals surface area contributed by atoms with E-state index in [1.165, 1.54) is 11.3 Å². The van der Waals surface area contributed by atoms with Crippen molar-refractivity contribution in [2.75, 3.05) is 0 Å². The number of aromatic hydroxyl groups is 1. The maximum atomic E-state index is 12.9. The van der Waals surface area contributed by atoms with E-state index in [0.29, 0.717) is 25.1 Å². The number of ether oxygens (including phenoxy) is 1. The number of nitrogens with zero attached hydrogens (tertiary/aromatic N) is 1. The van der Waals surface area contributed by atoms with Crippen molar-refractivity contribution in [2.24, 2.45) is 0 Å². The highest BCUT2D eigenvalue weighted by atomic mass is 16.5. The largest absolute Gasteiger partial charge is 0.507 e. The number of carbonyl (C=O) groups excluding carboxylic acids is 1. The fraction of sp³-hybridized carbons (Fsp3) is 0.524. The van der Waals surface area contributed by atoms with Gasteiger partial charge in [-0.15, -0.1) is 0 Å². The Bertz CT molecular complexity index is 931. The number of hydrogen-bond acceptors (Lipinski definition) is 4. The molecule has 144 valence electrons. The van der Waals surface area contributed by atoms with Gasteiger partial charge < -0.3 is 15.2 Å². The zero-order chi connectivity index (χ0) is 19.3. The lowest BCUT2D eigenvalue weighted by molar-refractivity contribution is -0.137. The van der Waals surface area contributed by atoms with Crippen LogP contribution in [0, 0.1) is 20.8 Å². The lowest BCUT2D eigenvalue weighted by Crippen LogP contribution is -2.51. The molecule has 0 bridgehead atoms. The lowest BCUT2D eigenvalue weighted by Gasteiger charge is -2.36. The van der Waals surface area contributed by atoms with E-state index in [4.69, 9.17) is 4.74 Å². The minimum absolute atomic E-state index is 0.120. The SMILES string of the molecule is Cc1c(C)c2c(c(C)c1O)CCC(C)(C(=O)NCc1n[nH]c3c1CCC3)O2. The summed E-state index contributed by atoms with van der Waals surface area (Å²) < 4.78 is 6.24. The van der Waals surface area contributed by atoms with Crippen LogP contribution in [0.5, 0.6) is 11.5 Å². The van der Waals surface area contributed by atoms with Crippen LogP contribution < -0.4 is 10.1 Å². The van der Waals surface area contributed by atoms with Crippen LogP contribution in [0.2, 0.25) is 0 Å². The second kappa shape index (κ2) is 6.29. The number of carbonyl (C=O) groups is 1. The van der Waals surface area contributed by atoms with Gasteiger partial charge >= 0.3 is 0 Å². The van der Waals surface area contributed by atoms with E-state index in [9.17, 15) is 9.90 Å². The Labute approximate surface area is 159 Å². The van der Waals surface area contributed by atoms with E-state index in [-0.39, 0.29) is 5.91 Å². The van der Waals surface area contributed by atoms with Crippen molar-refractivity contribution in [1.29, 1.82) is 0 Å². The van der Waals surface area contributed by atoms with E-state index >= 15 is 0 Å². The molecular formula is C21H27N3O3. The molecule has 0 saturated carbocycles. The monoisotopic (exact) mass is 369 g/mol. The molecule has 0 saturated heterocycles. The summed E-state index contributed by atoms with van der Waals surface area (Å²) in [7, 11) is 0. The molecule has 2 aliphatic rings. The number of nitrogens with one attached hydrogen (secondary N) is 2. The molecule has 1 aliphatic carbocycles. The average Bonchev–Trinajstić information content (AvgIpc) is 3.26. The highest BCUT2D eigenvalue weighted by molar-refractivity contribution is 5.85. The molecule has 6 heteroatoms. The number of aryl methyl sites for hydroxylation is 1. The molecule has 1 amide bonds. The average molecular weight is 369 g/mol. The normalized spacial score (nSPS) is 20.7. The first-order valence-corrected chi connectivity index (χ1v) is 9.65. The number of fused-ring (bicyclic) bond motifs is 2. The number of H-pyrrole nitrogens is 1. The van der Waals surface area contributed by atoms with Crippen molar-refractivity contribution >= 4 is 5.91 Å². The molecule has 3 N–H and O–H groups in total. The summed E-state index contributed by atoms with van der Waals surface area (Å²) in [5.41, 5.74) is 6.03. The van der Waals surface area contributed by atoms with Crippen LogP contribution in [0.4, 0.5) is 0 Å². The van der Waals surface area contributed by atoms with Crippen molar-refractivity contribution in [3.8, 4) is 11.5 Å². The Hall–Kier alpha value is -2.50. The quantitative estimate of drug-likeness (QED) is 0.776. The second-order valence-corrected chi connectivity index (χ2v) is 8.03. The van der Waals surface area contributed by atoms with Gasteiger partial charge in [0.25, 0.3) is 5.91 Å². The predicted molar refractivity (Wildman–Crippen MR) is 102 cm³/mol. The molecule has 1 atom stereocenters. The lowest BCUT2D eigenvalue weighted by atomic mass is 9.86. The van der Waals surface area contributed by atoms with Crippen molar-refractivity contribution < 1.29 is 14.6 Å². The minimum atomic E-state index is -0.924. The standard InChI is InChI=1S/C21H27N3O3/c1-11-12(2)19-14(13(3)18(11)25)8-9-21(4,27-19)20(26)22-10-17-15-6-5-7-16(15)23-24-17/h25H,5-10H2,1-4H3,(H,22,26)(H,23,24). The van der Waals surface area contributed by atoms with Gasteiger partial charge in [0.2, 0.25) is 0 Å². The molecule has 0 radical (unpaired) electrons. The van der Waals surface area contributed by atoms with Gasteiger partial charge in [-0.1, -0.05) is 0 Å². The maximum Gasteiger partial charge on any atom is 0.264 e. The highest BCUT2D eigenvalue weighted by Gasteiger charge is 2.40. The molecule has 0 spiro atoms. The van der Waals surface area contributed by atoms with E-state index < -0.39 is 5.60 Å². The van der Waals surface area contributed by atoms with Gasteiger partial charge in [0.05, 0.1) is 12.2 Å². The van der Waals surface area contributed by atoms with Gasteiger partial charge in [-0.2, -0.15) is 5.10 Å². The van der Waals surface area contributed by atoms with E-state index in [2.05, 4.69) is 15.5 Å². The number of hydrogen-bond donors (Lipinski definition) is 3. The molecule has 1 aromatic heterocycles. The summed E-state index contributed by atoms with van der Waals surface area (Å²) in [6.07, 6.45) is 4.50. The number of phenolic OH excluding ortho intramolecular Hbond substituents is 1. The van der Waals surface area contributed by atoms with Gasteiger partial charge in [-0.25, -0.2) is 0 Å². The van der Waals surface area contributed by atoms with Gasteiger partial charge in [-0.05, 0) is 75.6 Å². The van der Waals surface area contributed by atoms with Crippen molar-refractivity contribution in [1.82, 2.24) is 15.5 Å². The summed E-state index contributed by atoms with van der Waals surface area (Å²) in [5, 5.41) is 20.8. The number of phenols is 1. The molecule has 1 unspecified atom stereocenters. The molecule has 2 heterocycles. The number of rotatable bonds is 3. The molecular weight excluding hydrogens is 342 g/mol. The van der Waals surface area contributed by atoms with Crippen molar-refractivity contribution in [3.63, 3.8) is 0 Å². The Morgan fingerprint density at radius 1 is 1.19 bits per heavy atom. The van der Waals surface area contributed by atoms with Crippen LogP contribution in [-0.4, -0.2) is 26.8 Å². The second-order valence-electron chi connectivity index (χ2n) is 8.03. The van der Waals surface area contributed by atoms with Gasteiger partial charge in [0.15, 0.2) is 5.60 Å². The van der Waals surface area contributed by atoms with E-state index in [1.807, 2.05) is 27.7 Å². The van der Waals surface area contributed by atoms with Crippen LogP contribution in [0.3, 0.4) is 0 Å². The molecule has 1 aromatic carbocycles. The maximum absolute atomic E-state index is 12.9. The van der Waals surface area contributed by atoms with Crippen molar-refractivity contribution in [3.05, 3.63) is 39.2 Å². The molecule has 2 aromatic rings. The predicted octanol–water partition coefficient (Wildman–Crippen LogP) is 2.93. The Morgan fingerprint density at radius 3 is 2.74 bits per heavy atom. The molecule has 1 aliphatic heterocycles. The van der Waals surface area contributed by atoms with Crippen LogP contribution in [0.25, 0.3) is 0 Å². The van der Waals surface area contributed by atoms with E-state index in [1.54, 1.807) is 0 Å². The Morgan fingerprint density at radius 2 is 1.96 bits per heavy atom. The van der Waals surface area contributed by atoms with Gasteiger partial charge in [0, 0.05) is 17.7 Å². The summed E-state index contributed by atoms with van der Waals surface area (Å²) in [5.74, 6) is 0.952. The summed E-state index contributed by atoms with van der Waals surface area (Å²) in [6.45, 7) is 7.99. The fourth-order valence-corrected chi connectivity index (χ4v) is 4.29. The van der Waals surface area contributed by atoms with Crippen LogP contribution in [-0.2, 0) is 30.6 Å². The summed E-state index contributed by atoms with van der Waals surface area (Å²) in [4.78, 5) is 12.9. The zero-order valence-electron chi connectivity index (χ0n) is 16.5. The third-order valence-electron chi connectivity index (χ3n) is 6.31. The van der Waals surface area contributed by atoms with Gasteiger partial charge in [-0.3, -0.25) is 9.89 Å². The first-order valence-electron chi connectivity index (χ1n) is 9.65. The Kier molecular flexibility index (Phi) is 4.17.